The highest BCUT2D eigenvalue weighted by atomic mass is 32.2. The molecule has 0 saturated carbocycles. The van der Waals surface area contributed by atoms with E-state index in [1.54, 1.807) is 0 Å². The smallest absolute Gasteiger partial charge is 0.180 e. The molecule has 23 heavy (non-hydrogen) atoms. The molecule has 0 saturated heterocycles. The van der Waals surface area contributed by atoms with Crippen molar-refractivity contribution in [1.29, 1.82) is 0 Å². The number of benzene rings is 2. The van der Waals surface area contributed by atoms with Crippen molar-refractivity contribution in [2.45, 2.75) is 10.9 Å². The van der Waals surface area contributed by atoms with Crippen molar-refractivity contribution in [1.82, 2.24) is 9.78 Å². The monoisotopic (exact) mass is 358 g/mol. The molecule has 0 bridgehead atoms. The topological polar surface area (TPSA) is 34.9 Å². The zero-order chi connectivity index (χ0) is 16.1. The average Bonchev–Trinajstić information content (AvgIpc) is 2.94. The van der Waals surface area contributed by atoms with Gasteiger partial charge in [-0.25, -0.2) is 4.68 Å². The maximum atomic E-state index is 12.1. The van der Waals surface area contributed by atoms with Gasteiger partial charge in [0.2, 0.25) is 0 Å². The summed E-state index contributed by atoms with van der Waals surface area (Å²) in [6.07, 6.45) is 0. The number of nitrogens with zero attached hydrogens (tertiary/aromatic N) is 2. The van der Waals surface area contributed by atoms with Crippen molar-refractivity contribution in [3.05, 3.63) is 75.7 Å². The Labute approximate surface area is 148 Å². The second kappa shape index (κ2) is 7.68. The minimum absolute atomic E-state index is 0.103. The first-order valence-corrected chi connectivity index (χ1v) is 9.26. The molecule has 0 amide bonds. The Morgan fingerprint density at radius 3 is 2.43 bits per heavy atom. The standard InChI is InChI=1S/C17H14N2OS3/c20-15(14-9-5-2-6-10-14)12-22-16-18-19(17(21)23-16)11-13-7-3-1-4-8-13/h1-10H,11-12H2. The van der Waals surface area contributed by atoms with Crippen LogP contribution in [0.15, 0.2) is 65.0 Å². The predicted molar refractivity (Wildman–Crippen MR) is 98.0 cm³/mol. The van der Waals surface area contributed by atoms with Gasteiger partial charge < -0.3 is 0 Å². The highest BCUT2D eigenvalue weighted by Crippen LogP contribution is 2.23. The SMILES string of the molecule is O=C(CSc1nn(Cc2ccccc2)c(=S)s1)c1ccccc1. The number of carbonyl (C=O) groups excluding carboxylic acids is 1. The fraction of sp³-hybridized carbons (Fsp3) is 0.118. The van der Waals surface area contributed by atoms with E-state index in [4.69, 9.17) is 12.2 Å². The molecule has 3 aromatic rings. The highest BCUT2D eigenvalue weighted by molar-refractivity contribution is 8.01. The van der Waals surface area contributed by atoms with E-state index in [0.29, 0.717) is 12.3 Å². The Bertz CT molecular complexity index is 841. The third-order valence-corrected chi connectivity index (χ3v) is 5.63. The van der Waals surface area contributed by atoms with E-state index in [2.05, 4.69) is 5.10 Å². The average molecular weight is 359 g/mol. The van der Waals surface area contributed by atoms with Crippen LogP contribution in [0.25, 0.3) is 0 Å². The molecule has 0 unspecified atom stereocenters. The summed E-state index contributed by atoms with van der Waals surface area (Å²) in [5, 5.41) is 4.51. The van der Waals surface area contributed by atoms with Crippen molar-refractivity contribution < 1.29 is 4.79 Å². The maximum Gasteiger partial charge on any atom is 0.180 e. The molecular weight excluding hydrogens is 344 g/mol. The molecule has 0 aliphatic heterocycles. The van der Waals surface area contributed by atoms with Crippen LogP contribution in [-0.2, 0) is 6.54 Å². The van der Waals surface area contributed by atoms with Gasteiger partial charge in [-0.1, -0.05) is 83.8 Å². The summed E-state index contributed by atoms with van der Waals surface area (Å²) >= 11 is 8.25. The van der Waals surface area contributed by atoms with Gasteiger partial charge >= 0.3 is 0 Å². The Morgan fingerprint density at radius 2 is 1.74 bits per heavy atom. The lowest BCUT2D eigenvalue weighted by Crippen LogP contribution is -2.03. The Morgan fingerprint density at radius 1 is 1.09 bits per heavy atom. The number of hydrogen-bond donors (Lipinski definition) is 0. The van der Waals surface area contributed by atoms with E-state index in [0.717, 1.165) is 19.4 Å². The van der Waals surface area contributed by atoms with Crippen LogP contribution in [0.2, 0.25) is 0 Å². The number of Topliss-reactive ketones (excluding diaryl/α,β-unsaturated/α-hetero) is 1. The lowest BCUT2D eigenvalue weighted by atomic mass is 10.2. The van der Waals surface area contributed by atoms with Gasteiger partial charge in [-0.15, -0.1) is 0 Å². The molecule has 0 aliphatic rings. The van der Waals surface area contributed by atoms with Crippen molar-refractivity contribution >= 4 is 41.1 Å². The zero-order valence-electron chi connectivity index (χ0n) is 12.2. The van der Waals surface area contributed by atoms with E-state index < -0.39 is 0 Å². The molecule has 0 aliphatic carbocycles. The normalized spacial score (nSPS) is 10.6. The minimum atomic E-state index is 0.103. The lowest BCUT2D eigenvalue weighted by Gasteiger charge is -2.01. The molecule has 6 heteroatoms. The zero-order valence-corrected chi connectivity index (χ0v) is 14.7. The quantitative estimate of drug-likeness (QED) is 0.363. The van der Waals surface area contributed by atoms with Gasteiger partial charge in [0.1, 0.15) is 0 Å². The van der Waals surface area contributed by atoms with Crippen LogP contribution >= 0.6 is 35.3 Å². The van der Waals surface area contributed by atoms with E-state index in [1.165, 1.54) is 23.1 Å². The molecule has 3 rings (SSSR count). The van der Waals surface area contributed by atoms with Crippen molar-refractivity contribution in [3.8, 4) is 0 Å². The molecule has 0 spiro atoms. The molecule has 3 nitrogen and oxygen atoms in total. The lowest BCUT2D eigenvalue weighted by molar-refractivity contribution is 0.102. The van der Waals surface area contributed by atoms with Crippen LogP contribution in [0, 0.1) is 3.95 Å². The number of thioether (sulfide) groups is 1. The van der Waals surface area contributed by atoms with Gasteiger partial charge in [0.15, 0.2) is 14.1 Å². The number of hydrogen-bond acceptors (Lipinski definition) is 5. The summed E-state index contributed by atoms with van der Waals surface area (Å²) in [5.74, 6) is 0.476. The summed E-state index contributed by atoms with van der Waals surface area (Å²) in [6, 6.07) is 19.4. The van der Waals surface area contributed by atoms with E-state index in [-0.39, 0.29) is 5.78 Å². The van der Waals surface area contributed by atoms with Crippen LogP contribution in [0.3, 0.4) is 0 Å². The van der Waals surface area contributed by atoms with Crippen LogP contribution < -0.4 is 0 Å². The molecule has 116 valence electrons. The van der Waals surface area contributed by atoms with Gasteiger partial charge in [0.25, 0.3) is 0 Å². The van der Waals surface area contributed by atoms with Crippen molar-refractivity contribution in [3.63, 3.8) is 0 Å². The number of ketones is 1. The summed E-state index contributed by atoms with van der Waals surface area (Å²) in [4.78, 5) is 12.1. The predicted octanol–water partition coefficient (Wildman–Crippen LogP) is 4.70. The second-order valence-electron chi connectivity index (χ2n) is 4.86. The fourth-order valence-corrected chi connectivity index (χ4v) is 4.26. The molecule has 1 heterocycles. The minimum Gasteiger partial charge on any atom is -0.293 e. The maximum absolute atomic E-state index is 12.1. The molecule has 1 aromatic heterocycles. The number of rotatable bonds is 6. The van der Waals surface area contributed by atoms with E-state index in [1.807, 2.05) is 65.3 Å². The molecule has 0 atom stereocenters. The summed E-state index contributed by atoms with van der Waals surface area (Å²) < 4.78 is 3.36. The van der Waals surface area contributed by atoms with Gasteiger partial charge in [-0.3, -0.25) is 4.79 Å². The first-order chi connectivity index (χ1) is 11.2. The molecule has 0 fully saturated rings. The largest absolute Gasteiger partial charge is 0.293 e. The van der Waals surface area contributed by atoms with Gasteiger partial charge in [-0.05, 0) is 17.8 Å². The molecule has 2 aromatic carbocycles. The number of carbonyl (C=O) groups is 1. The highest BCUT2D eigenvalue weighted by Gasteiger charge is 2.10. The molecular formula is C17H14N2OS3. The Kier molecular flexibility index (Phi) is 5.38. The third kappa shape index (κ3) is 4.37. The van der Waals surface area contributed by atoms with Crippen molar-refractivity contribution in [2.75, 3.05) is 5.75 Å². The van der Waals surface area contributed by atoms with Crippen LogP contribution in [0.4, 0.5) is 0 Å². The van der Waals surface area contributed by atoms with Crippen LogP contribution in [-0.4, -0.2) is 21.3 Å². The van der Waals surface area contributed by atoms with Crippen LogP contribution in [0.5, 0.6) is 0 Å². The first kappa shape index (κ1) is 16.1. The summed E-state index contributed by atoms with van der Waals surface area (Å²) in [6.45, 7) is 0.656. The fourth-order valence-electron chi connectivity index (χ4n) is 2.04. The summed E-state index contributed by atoms with van der Waals surface area (Å²) in [5.41, 5.74) is 1.89. The van der Waals surface area contributed by atoms with Crippen molar-refractivity contribution in [2.24, 2.45) is 0 Å². The first-order valence-electron chi connectivity index (χ1n) is 7.05. The molecule has 0 N–H and O–H groups in total. The summed E-state index contributed by atoms with van der Waals surface area (Å²) in [7, 11) is 0. The van der Waals surface area contributed by atoms with E-state index in [9.17, 15) is 4.79 Å². The molecule has 0 radical (unpaired) electrons. The van der Waals surface area contributed by atoms with Gasteiger partial charge in [0, 0.05) is 5.56 Å². The van der Waals surface area contributed by atoms with E-state index >= 15 is 0 Å². The van der Waals surface area contributed by atoms with Gasteiger partial charge in [0.05, 0.1) is 12.3 Å². The Hall–Kier alpha value is -1.76. The van der Waals surface area contributed by atoms with Crippen LogP contribution in [0.1, 0.15) is 15.9 Å². The second-order valence-corrected chi connectivity index (χ2v) is 7.70. The Balaban J connectivity index is 1.65. The van der Waals surface area contributed by atoms with Gasteiger partial charge in [-0.2, -0.15) is 5.10 Å². The third-order valence-electron chi connectivity index (χ3n) is 3.19. The number of aromatic nitrogens is 2.